The van der Waals surface area contributed by atoms with Gasteiger partial charge in [0.15, 0.2) is 6.04 Å². The molecule has 1 unspecified atom stereocenters. The Balaban J connectivity index is 1.99. The standard InChI is InChI=1S/C16H12FN3O2/c17-22-16(21)15(13-9-5-2-6-10-13)20-11-14(18-19-20)12-7-3-1-4-8-12/h1-11,15H. The fourth-order valence-corrected chi connectivity index (χ4v) is 2.22. The number of benzene rings is 2. The first-order valence-corrected chi connectivity index (χ1v) is 6.64. The Bertz CT molecular complexity index is 759. The second kappa shape index (κ2) is 6.17. The third kappa shape index (κ3) is 2.71. The Kier molecular flexibility index (Phi) is 3.91. The summed E-state index contributed by atoms with van der Waals surface area (Å²) in [7, 11) is 0. The molecule has 1 heterocycles. The summed E-state index contributed by atoms with van der Waals surface area (Å²) in [5, 5.41) is 7.97. The Morgan fingerprint density at radius 2 is 1.68 bits per heavy atom. The molecule has 22 heavy (non-hydrogen) atoms. The van der Waals surface area contributed by atoms with Crippen molar-refractivity contribution in [1.29, 1.82) is 0 Å². The molecule has 0 aliphatic carbocycles. The molecule has 110 valence electrons. The molecular formula is C16H12FN3O2. The van der Waals surface area contributed by atoms with Gasteiger partial charge in [-0.2, -0.15) is 0 Å². The third-order valence-electron chi connectivity index (χ3n) is 3.26. The van der Waals surface area contributed by atoms with E-state index in [1.807, 2.05) is 30.3 Å². The van der Waals surface area contributed by atoms with Crippen LogP contribution in [-0.4, -0.2) is 21.0 Å². The van der Waals surface area contributed by atoms with Gasteiger partial charge in [0.05, 0.1) is 6.20 Å². The van der Waals surface area contributed by atoms with E-state index in [1.165, 1.54) is 4.68 Å². The molecule has 3 rings (SSSR count). The summed E-state index contributed by atoms with van der Waals surface area (Å²) in [5.74, 6) is -1.05. The summed E-state index contributed by atoms with van der Waals surface area (Å²) in [6.07, 6.45) is 1.59. The monoisotopic (exact) mass is 297 g/mol. The Morgan fingerprint density at radius 1 is 1.05 bits per heavy atom. The summed E-state index contributed by atoms with van der Waals surface area (Å²) in [6, 6.07) is 17.1. The van der Waals surface area contributed by atoms with E-state index < -0.39 is 12.0 Å². The molecule has 2 aromatic carbocycles. The van der Waals surface area contributed by atoms with E-state index in [4.69, 9.17) is 0 Å². The van der Waals surface area contributed by atoms with Crippen LogP contribution in [0.1, 0.15) is 11.6 Å². The molecule has 0 aliphatic rings. The summed E-state index contributed by atoms with van der Waals surface area (Å²) in [4.78, 5) is 15.2. The highest BCUT2D eigenvalue weighted by molar-refractivity contribution is 5.77. The Morgan fingerprint density at radius 3 is 2.32 bits per heavy atom. The highest BCUT2D eigenvalue weighted by atomic mass is 19.3. The van der Waals surface area contributed by atoms with Crippen molar-refractivity contribution in [2.45, 2.75) is 6.04 Å². The number of halogens is 1. The lowest BCUT2D eigenvalue weighted by molar-refractivity contribution is -0.186. The maximum absolute atomic E-state index is 12.4. The van der Waals surface area contributed by atoms with E-state index in [0.29, 0.717) is 11.3 Å². The Labute approximate surface area is 125 Å². The van der Waals surface area contributed by atoms with Crippen molar-refractivity contribution in [3.05, 3.63) is 72.4 Å². The summed E-state index contributed by atoms with van der Waals surface area (Å²) < 4.78 is 13.7. The lowest BCUT2D eigenvalue weighted by Crippen LogP contribution is -2.21. The van der Waals surface area contributed by atoms with Gasteiger partial charge in [-0.05, 0) is 5.56 Å². The van der Waals surface area contributed by atoms with Crippen LogP contribution in [0.3, 0.4) is 0 Å². The van der Waals surface area contributed by atoms with Crippen LogP contribution in [0, 0.1) is 0 Å². The van der Waals surface area contributed by atoms with Crippen LogP contribution in [0.2, 0.25) is 0 Å². The van der Waals surface area contributed by atoms with Gasteiger partial charge in [0, 0.05) is 10.1 Å². The van der Waals surface area contributed by atoms with Crippen LogP contribution in [0.15, 0.2) is 66.9 Å². The van der Waals surface area contributed by atoms with E-state index >= 15 is 0 Å². The Hall–Kier alpha value is -3.02. The SMILES string of the molecule is O=C(OF)C(c1ccccc1)n1cc(-c2ccccc2)nn1. The van der Waals surface area contributed by atoms with Crippen LogP contribution in [0.25, 0.3) is 11.3 Å². The van der Waals surface area contributed by atoms with E-state index in [1.54, 1.807) is 36.5 Å². The highest BCUT2D eigenvalue weighted by Crippen LogP contribution is 2.22. The average Bonchev–Trinajstić information content (AvgIpc) is 3.06. The zero-order valence-electron chi connectivity index (χ0n) is 11.5. The van der Waals surface area contributed by atoms with Crippen molar-refractivity contribution >= 4 is 5.97 Å². The molecule has 0 saturated carbocycles. The number of hydrogen-bond donors (Lipinski definition) is 0. The van der Waals surface area contributed by atoms with Gasteiger partial charge in [-0.15, -0.1) is 5.10 Å². The molecule has 0 radical (unpaired) electrons. The molecule has 5 nitrogen and oxygen atoms in total. The van der Waals surface area contributed by atoms with E-state index in [2.05, 4.69) is 15.3 Å². The summed E-state index contributed by atoms with van der Waals surface area (Å²) in [6.45, 7) is 0. The van der Waals surface area contributed by atoms with Gasteiger partial charge in [-0.3, -0.25) is 4.94 Å². The van der Waals surface area contributed by atoms with Gasteiger partial charge >= 0.3 is 5.97 Å². The molecule has 0 bridgehead atoms. The molecule has 0 amide bonds. The maximum atomic E-state index is 12.4. The normalized spacial score (nSPS) is 11.9. The first kappa shape index (κ1) is 13.9. The minimum atomic E-state index is -1.05. The fourth-order valence-electron chi connectivity index (χ4n) is 2.22. The molecular weight excluding hydrogens is 285 g/mol. The number of rotatable bonds is 4. The average molecular weight is 297 g/mol. The van der Waals surface area contributed by atoms with Gasteiger partial charge in [0.1, 0.15) is 5.69 Å². The van der Waals surface area contributed by atoms with Crippen molar-refractivity contribution in [3.8, 4) is 11.3 Å². The van der Waals surface area contributed by atoms with Crippen LogP contribution in [-0.2, 0) is 9.74 Å². The van der Waals surface area contributed by atoms with Crippen molar-refractivity contribution in [2.24, 2.45) is 0 Å². The predicted molar refractivity (Wildman–Crippen MR) is 77.2 cm³/mol. The van der Waals surface area contributed by atoms with Gasteiger partial charge in [-0.25, -0.2) is 9.48 Å². The second-order valence-corrected chi connectivity index (χ2v) is 4.66. The lowest BCUT2D eigenvalue weighted by atomic mass is 10.1. The van der Waals surface area contributed by atoms with Gasteiger partial charge in [0.2, 0.25) is 0 Å². The van der Waals surface area contributed by atoms with Crippen molar-refractivity contribution < 1.29 is 14.3 Å². The quantitative estimate of drug-likeness (QED) is 0.743. The number of carbonyl (C=O) groups excluding carboxylic acids is 1. The molecule has 0 N–H and O–H groups in total. The van der Waals surface area contributed by atoms with Crippen LogP contribution >= 0.6 is 0 Å². The summed E-state index contributed by atoms with van der Waals surface area (Å²) >= 11 is 0. The fraction of sp³-hybridized carbons (Fsp3) is 0.0625. The molecule has 0 aliphatic heterocycles. The maximum Gasteiger partial charge on any atom is 0.377 e. The number of nitrogens with zero attached hydrogens (tertiary/aromatic N) is 3. The number of carbonyl (C=O) groups is 1. The minimum Gasteiger partial charge on any atom is -0.252 e. The van der Waals surface area contributed by atoms with Crippen LogP contribution in [0.5, 0.6) is 0 Å². The molecule has 0 spiro atoms. The number of hydrogen-bond acceptors (Lipinski definition) is 4. The zero-order chi connectivity index (χ0) is 15.4. The van der Waals surface area contributed by atoms with Gasteiger partial charge < -0.3 is 0 Å². The third-order valence-corrected chi connectivity index (χ3v) is 3.26. The predicted octanol–water partition coefficient (Wildman–Crippen LogP) is 2.96. The topological polar surface area (TPSA) is 57.0 Å². The van der Waals surface area contributed by atoms with Gasteiger partial charge in [0.25, 0.3) is 0 Å². The van der Waals surface area contributed by atoms with E-state index in [0.717, 1.165) is 5.56 Å². The summed E-state index contributed by atoms with van der Waals surface area (Å²) in [5.41, 5.74) is 2.01. The second-order valence-electron chi connectivity index (χ2n) is 4.66. The number of aromatic nitrogens is 3. The smallest absolute Gasteiger partial charge is 0.252 e. The van der Waals surface area contributed by atoms with Gasteiger partial charge in [-0.1, -0.05) is 65.9 Å². The van der Waals surface area contributed by atoms with Crippen LogP contribution in [0.4, 0.5) is 4.53 Å². The first-order chi connectivity index (χ1) is 10.8. The molecule has 3 aromatic rings. The highest BCUT2D eigenvalue weighted by Gasteiger charge is 2.26. The molecule has 1 aromatic heterocycles. The zero-order valence-corrected chi connectivity index (χ0v) is 11.5. The lowest BCUT2D eigenvalue weighted by Gasteiger charge is -2.12. The first-order valence-electron chi connectivity index (χ1n) is 6.64. The largest absolute Gasteiger partial charge is 0.377 e. The molecule has 1 atom stereocenters. The minimum absolute atomic E-state index is 0.565. The molecule has 6 heteroatoms. The van der Waals surface area contributed by atoms with Crippen molar-refractivity contribution in [2.75, 3.05) is 0 Å². The molecule has 0 fully saturated rings. The van der Waals surface area contributed by atoms with Crippen molar-refractivity contribution in [1.82, 2.24) is 15.0 Å². The molecule has 0 saturated heterocycles. The van der Waals surface area contributed by atoms with E-state index in [-0.39, 0.29) is 0 Å². The van der Waals surface area contributed by atoms with Crippen molar-refractivity contribution in [3.63, 3.8) is 0 Å². The van der Waals surface area contributed by atoms with E-state index in [9.17, 15) is 9.32 Å². The van der Waals surface area contributed by atoms with Crippen LogP contribution < -0.4 is 0 Å².